The van der Waals surface area contributed by atoms with Gasteiger partial charge >= 0.3 is 0 Å². The van der Waals surface area contributed by atoms with Crippen LogP contribution in [0.1, 0.15) is 17.2 Å². The number of hydrogen-bond acceptors (Lipinski definition) is 3. The van der Waals surface area contributed by atoms with E-state index in [2.05, 4.69) is 11.4 Å². The maximum absolute atomic E-state index is 10.0. The van der Waals surface area contributed by atoms with E-state index < -0.39 is 6.10 Å². The lowest BCUT2D eigenvalue weighted by Gasteiger charge is -2.13. The Morgan fingerprint density at radius 3 is 2.33 bits per heavy atom. The van der Waals surface area contributed by atoms with Crippen molar-refractivity contribution in [2.24, 2.45) is 0 Å². The molecule has 0 aliphatic rings. The number of nitriles is 1. The molecule has 3 nitrogen and oxygen atoms in total. The van der Waals surface area contributed by atoms with Crippen LogP contribution in [0.4, 0.5) is 5.69 Å². The molecule has 0 aliphatic carbocycles. The van der Waals surface area contributed by atoms with E-state index >= 15 is 0 Å². The minimum absolute atomic E-state index is 0.440. The molecule has 0 heterocycles. The molecule has 0 saturated carbocycles. The lowest BCUT2D eigenvalue weighted by Crippen LogP contribution is -2.11. The van der Waals surface area contributed by atoms with Gasteiger partial charge in [-0.05, 0) is 29.8 Å². The number of hydrogen-bond donors (Lipinski definition) is 2. The first-order valence-corrected chi connectivity index (χ1v) is 5.76. The summed E-state index contributed by atoms with van der Waals surface area (Å²) in [4.78, 5) is 0. The predicted molar refractivity (Wildman–Crippen MR) is 71.0 cm³/mol. The highest BCUT2D eigenvalue weighted by Gasteiger charge is 2.06. The molecule has 90 valence electrons. The van der Waals surface area contributed by atoms with Gasteiger partial charge in [0.1, 0.15) is 0 Å². The molecule has 18 heavy (non-hydrogen) atoms. The number of rotatable bonds is 4. The van der Waals surface area contributed by atoms with Crippen molar-refractivity contribution in [1.29, 1.82) is 5.26 Å². The van der Waals surface area contributed by atoms with Crippen molar-refractivity contribution in [1.82, 2.24) is 0 Å². The third-order valence-corrected chi connectivity index (χ3v) is 2.70. The summed E-state index contributed by atoms with van der Waals surface area (Å²) < 4.78 is 0. The topological polar surface area (TPSA) is 56.0 Å². The molecule has 0 saturated heterocycles. The van der Waals surface area contributed by atoms with Crippen molar-refractivity contribution in [3.05, 3.63) is 65.7 Å². The minimum atomic E-state index is -0.585. The molecule has 0 fully saturated rings. The fourth-order valence-corrected chi connectivity index (χ4v) is 1.67. The van der Waals surface area contributed by atoms with E-state index in [0.29, 0.717) is 12.1 Å². The van der Waals surface area contributed by atoms with Crippen LogP contribution in [-0.4, -0.2) is 11.7 Å². The van der Waals surface area contributed by atoms with E-state index in [4.69, 9.17) is 5.26 Å². The van der Waals surface area contributed by atoms with Crippen LogP contribution in [0.5, 0.6) is 0 Å². The van der Waals surface area contributed by atoms with Gasteiger partial charge in [0.25, 0.3) is 0 Å². The number of nitrogens with zero attached hydrogens (tertiary/aromatic N) is 1. The highest BCUT2D eigenvalue weighted by atomic mass is 16.3. The highest BCUT2D eigenvalue weighted by molar-refractivity contribution is 5.43. The van der Waals surface area contributed by atoms with Gasteiger partial charge in [0, 0.05) is 12.2 Å². The molecule has 0 radical (unpaired) electrons. The first-order chi connectivity index (χ1) is 8.79. The molecule has 0 aromatic heterocycles. The van der Waals surface area contributed by atoms with Crippen LogP contribution in [0.3, 0.4) is 0 Å². The summed E-state index contributed by atoms with van der Waals surface area (Å²) >= 11 is 0. The van der Waals surface area contributed by atoms with E-state index in [1.54, 1.807) is 24.3 Å². The van der Waals surface area contributed by atoms with Gasteiger partial charge in [-0.2, -0.15) is 5.26 Å². The average molecular weight is 238 g/mol. The van der Waals surface area contributed by atoms with Gasteiger partial charge in [-0.3, -0.25) is 0 Å². The third kappa shape index (κ3) is 3.09. The Labute approximate surface area is 106 Å². The largest absolute Gasteiger partial charge is 0.387 e. The molecule has 0 spiro atoms. The van der Waals surface area contributed by atoms with Crippen molar-refractivity contribution >= 4 is 5.69 Å². The molecule has 2 aromatic rings. The second-order valence-corrected chi connectivity index (χ2v) is 4.00. The Kier molecular flexibility index (Phi) is 3.95. The Bertz CT molecular complexity index is 529. The molecule has 1 atom stereocenters. The quantitative estimate of drug-likeness (QED) is 0.861. The Hall–Kier alpha value is -2.31. The monoisotopic (exact) mass is 238 g/mol. The van der Waals surface area contributed by atoms with Crippen molar-refractivity contribution in [2.45, 2.75) is 6.10 Å². The standard InChI is InChI=1S/C15H14N2O/c16-10-12-6-8-13(9-7-12)15(18)11-17-14-4-2-1-3-5-14/h1-9,15,17-18H,11H2. The Morgan fingerprint density at radius 2 is 1.72 bits per heavy atom. The predicted octanol–water partition coefficient (Wildman–Crippen LogP) is 2.70. The van der Waals surface area contributed by atoms with Crippen LogP contribution < -0.4 is 5.32 Å². The number of para-hydroxylation sites is 1. The van der Waals surface area contributed by atoms with Gasteiger partial charge in [0.2, 0.25) is 0 Å². The van der Waals surface area contributed by atoms with Crippen LogP contribution in [0.25, 0.3) is 0 Å². The fraction of sp³-hybridized carbons (Fsp3) is 0.133. The van der Waals surface area contributed by atoms with E-state index in [1.165, 1.54) is 0 Å². The summed E-state index contributed by atoms with van der Waals surface area (Å²) in [5, 5.41) is 21.9. The van der Waals surface area contributed by atoms with E-state index in [-0.39, 0.29) is 0 Å². The lowest BCUT2D eigenvalue weighted by atomic mass is 10.1. The van der Waals surface area contributed by atoms with Gasteiger partial charge < -0.3 is 10.4 Å². The molecule has 0 aliphatic heterocycles. The van der Waals surface area contributed by atoms with E-state index in [9.17, 15) is 5.11 Å². The zero-order chi connectivity index (χ0) is 12.8. The van der Waals surface area contributed by atoms with E-state index in [0.717, 1.165) is 11.3 Å². The maximum Gasteiger partial charge on any atom is 0.0991 e. The molecule has 1 unspecified atom stereocenters. The number of anilines is 1. The van der Waals surface area contributed by atoms with Gasteiger partial charge in [-0.15, -0.1) is 0 Å². The average Bonchev–Trinajstić information content (AvgIpc) is 2.46. The summed E-state index contributed by atoms with van der Waals surface area (Å²) in [7, 11) is 0. The second-order valence-electron chi connectivity index (χ2n) is 4.00. The Morgan fingerprint density at radius 1 is 1.06 bits per heavy atom. The van der Waals surface area contributed by atoms with Crippen LogP contribution in [-0.2, 0) is 0 Å². The van der Waals surface area contributed by atoms with Crippen LogP contribution in [0, 0.1) is 11.3 Å². The molecule has 2 N–H and O–H groups in total. The summed E-state index contributed by atoms with van der Waals surface area (Å²) in [6.07, 6.45) is -0.585. The van der Waals surface area contributed by atoms with Gasteiger partial charge in [-0.25, -0.2) is 0 Å². The number of aliphatic hydroxyl groups is 1. The van der Waals surface area contributed by atoms with Crippen molar-refractivity contribution in [3.63, 3.8) is 0 Å². The zero-order valence-electron chi connectivity index (χ0n) is 9.88. The lowest BCUT2D eigenvalue weighted by molar-refractivity contribution is 0.191. The van der Waals surface area contributed by atoms with Gasteiger partial charge in [0.05, 0.1) is 17.7 Å². The van der Waals surface area contributed by atoms with E-state index in [1.807, 2.05) is 30.3 Å². The molecule has 0 bridgehead atoms. The van der Waals surface area contributed by atoms with Gasteiger partial charge in [-0.1, -0.05) is 30.3 Å². The molecular formula is C15H14N2O. The zero-order valence-corrected chi connectivity index (χ0v) is 9.88. The molecule has 0 amide bonds. The van der Waals surface area contributed by atoms with Crippen LogP contribution >= 0.6 is 0 Å². The third-order valence-electron chi connectivity index (χ3n) is 2.70. The molecule has 3 heteroatoms. The van der Waals surface area contributed by atoms with Gasteiger partial charge in [0.15, 0.2) is 0 Å². The molecule has 2 rings (SSSR count). The number of benzene rings is 2. The first kappa shape index (κ1) is 12.2. The molecular weight excluding hydrogens is 224 g/mol. The maximum atomic E-state index is 10.0. The first-order valence-electron chi connectivity index (χ1n) is 5.76. The summed E-state index contributed by atoms with van der Waals surface area (Å²) in [6.45, 7) is 0.440. The summed E-state index contributed by atoms with van der Waals surface area (Å²) in [6, 6.07) is 18.7. The summed E-state index contributed by atoms with van der Waals surface area (Å²) in [5.41, 5.74) is 2.38. The number of aliphatic hydroxyl groups excluding tert-OH is 1. The van der Waals surface area contributed by atoms with Crippen molar-refractivity contribution < 1.29 is 5.11 Å². The van der Waals surface area contributed by atoms with Crippen molar-refractivity contribution in [3.8, 4) is 6.07 Å². The van der Waals surface area contributed by atoms with Crippen LogP contribution in [0.2, 0.25) is 0 Å². The summed E-state index contributed by atoms with van der Waals surface area (Å²) in [5.74, 6) is 0. The number of nitrogens with one attached hydrogen (secondary N) is 1. The second kappa shape index (κ2) is 5.85. The normalized spacial score (nSPS) is 11.6. The fourth-order valence-electron chi connectivity index (χ4n) is 1.67. The van der Waals surface area contributed by atoms with Crippen LogP contribution in [0.15, 0.2) is 54.6 Å². The smallest absolute Gasteiger partial charge is 0.0991 e. The Balaban J connectivity index is 1.95. The highest BCUT2D eigenvalue weighted by Crippen LogP contribution is 2.15. The SMILES string of the molecule is N#Cc1ccc(C(O)CNc2ccccc2)cc1. The molecule has 2 aromatic carbocycles. The minimum Gasteiger partial charge on any atom is -0.387 e. The van der Waals surface area contributed by atoms with Crippen molar-refractivity contribution in [2.75, 3.05) is 11.9 Å².